The van der Waals surface area contributed by atoms with Crippen LogP contribution in [0.5, 0.6) is 0 Å². The molecular formula is C66H48N6. The molecule has 13 rings (SSSR count). The van der Waals surface area contributed by atoms with Gasteiger partial charge in [-0.3, -0.25) is 0 Å². The van der Waals surface area contributed by atoms with Crippen LogP contribution >= 0.6 is 0 Å². The zero-order valence-corrected chi connectivity index (χ0v) is 39.9. The van der Waals surface area contributed by atoms with Crippen molar-refractivity contribution in [3.63, 3.8) is 0 Å². The minimum Gasteiger partial charge on any atom is -0.310 e. The molecule has 0 aliphatic heterocycles. The van der Waals surface area contributed by atoms with Gasteiger partial charge in [-0.05, 0) is 157 Å². The van der Waals surface area contributed by atoms with Gasteiger partial charge >= 0.3 is 0 Å². The smallest absolute Gasteiger partial charge is 0.115 e. The summed E-state index contributed by atoms with van der Waals surface area (Å²) in [6.07, 6.45) is 5.38. The average molecular weight is 925 g/mol. The molecule has 3 heterocycles. The van der Waals surface area contributed by atoms with Crippen molar-refractivity contribution in [2.45, 2.75) is 13.8 Å². The Labute approximate surface area is 418 Å². The number of hydrogen-bond acceptors (Lipinski definition) is 4. The fraction of sp³-hybridized carbons (Fsp3) is 0.0303. The third-order valence-corrected chi connectivity index (χ3v) is 14.1. The molecule has 0 spiro atoms. The van der Waals surface area contributed by atoms with Crippen LogP contribution in [0.25, 0.3) is 77.2 Å². The minimum atomic E-state index is 1.00. The van der Waals surface area contributed by atoms with Crippen molar-refractivity contribution in [3.05, 3.63) is 266 Å². The van der Waals surface area contributed by atoms with E-state index < -0.39 is 0 Å². The summed E-state index contributed by atoms with van der Waals surface area (Å²) in [5.41, 5.74) is 20.0. The molecule has 72 heavy (non-hydrogen) atoms. The third kappa shape index (κ3) is 7.36. The molecule has 0 atom stereocenters. The molecule has 0 bridgehead atoms. The largest absolute Gasteiger partial charge is 0.310 e. The molecule has 0 unspecified atom stereocenters. The summed E-state index contributed by atoms with van der Waals surface area (Å²) in [6.45, 7) is 4.41. The van der Waals surface area contributed by atoms with Gasteiger partial charge in [-0.25, -0.2) is 9.97 Å². The summed E-state index contributed by atoms with van der Waals surface area (Å²) in [5.74, 6) is 0. The van der Waals surface area contributed by atoms with E-state index in [0.29, 0.717) is 0 Å². The number of benzene rings is 10. The highest BCUT2D eigenvalue weighted by molar-refractivity contribution is 6.12. The predicted octanol–water partition coefficient (Wildman–Crippen LogP) is 17.6. The molecule has 342 valence electrons. The van der Waals surface area contributed by atoms with Crippen LogP contribution in [0.2, 0.25) is 0 Å². The first-order chi connectivity index (χ1) is 35.6. The van der Waals surface area contributed by atoms with Crippen molar-refractivity contribution in [1.82, 2.24) is 19.1 Å². The molecule has 0 aliphatic rings. The van der Waals surface area contributed by atoms with Crippen LogP contribution in [0.4, 0.5) is 34.1 Å². The molecule has 0 fully saturated rings. The zero-order chi connectivity index (χ0) is 48.1. The number of aryl methyl sites for hydroxylation is 2. The number of hydrogen-bond donors (Lipinski definition) is 0. The van der Waals surface area contributed by atoms with E-state index >= 15 is 0 Å². The summed E-state index contributed by atoms with van der Waals surface area (Å²) in [6, 6.07) is 85.8. The first kappa shape index (κ1) is 42.6. The summed E-state index contributed by atoms with van der Waals surface area (Å²) in [5, 5.41) is 4.74. The van der Waals surface area contributed by atoms with Gasteiger partial charge in [0.2, 0.25) is 0 Å². The lowest BCUT2D eigenvalue weighted by molar-refractivity contribution is 1.13. The molecule has 6 heteroatoms. The van der Waals surface area contributed by atoms with Gasteiger partial charge in [0.25, 0.3) is 0 Å². The molecule has 3 aromatic heterocycles. The summed E-state index contributed by atoms with van der Waals surface area (Å²) in [4.78, 5) is 13.4. The van der Waals surface area contributed by atoms with Crippen LogP contribution in [-0.2, 0) is 0 Å². The number of fused-ring (bicyclic) bond motifs is 6. The van der Waals surface area contributed by atoms with Crippen molar-refractivity contribution in [2.75, 3.05) is 9.80 Å². The fourth-order valence-corrected chi connectivity index (χ4v) is 10.8. The van der Waals surface area contributed by atoms with Gasteiger partial charge in [-0.15, -0.1) is 0 Å². The monoisotopic (exact) mass is 924 g/mol. The van der Waals surface area contributed by atoms with E-state index in [9.17, 15) is 0 Å². The molecular weight excluding hydrogens is 877 g/mol. The highest BCUT2D eigenvalue weighted by atomic mass is 15.1. The van der Waals surface area contributed by atoms with Gasteiger partial charge in [0.15, 0.2) is 0 Å². The molecule has 0 aliphatic carbocycles. The van der Waals surface area contributed by atoms with E-state index in [0.717, 1.165) is 89.8 Å². The Balaban J connectivity index is 1.05. The minimum absolute atomic E-state index is 1.00. The second-order valence-corrected chi connectivity index (χ2v) is 18.5. The maximum absolute atomic E-state index is 4.36. The molecule has 13 aromatic rings. The molecule has 10 aromatic carbocycles. The van der Waals surface area contributed by atoms with E-state index in [1.165, 1.54) is 32.7 Å². The second-order valence-electron chi connectivity index (χ2n) is 18.5. The van der Waals surface area contributed by atoms with Crippen LogP contribution in [-0.4, -0.2) is 19.1 Å². The predicted molar refractivity (Wildman–Crippen MR) is 300 cm³/mol. The number of para-hydroxylation sites is 6. The Bertz CT molecular complexity index is 3810. The topological polar surface area (TPSA) is 42.1 Å². The van der Waals surface area contributed by atoms with E-state index in [1.54, 1.807) is 6.33 Å². The molecule has 0 N–H and O–H groups in total. The number of rotatable bonds is 10. The molecule has 6 nitrogen and oxygen atoms in total. The van der Waals surface area contributed by atoms with E-state index in [-0.39, 0.29) is 0 Å². The van der Waals surface area contributed by atoms with E-state index in [2.05, 4.69) is 279 Å². The highest BCUT2D eigenvalue weighted by Crippen LogP contribution is 2.44. The number of anilines is 6. The summed E-state index contributed by atoms with van der Waals surface area (Å²) in [7, 11) is 0. The molecule has 0 saturated heterocycles. The van der Waals surface area contributed by atoms with Crippen molar-refractivity contribution in [1.29, 1.82) is 0 Å². The Morgan fingerprint density at radius 1 is 0.306 bits per heavy atom. The van der Waals surface area contributed by atoms with Crippen LogP contribution < -0.4 is 9.80 Å². The van der Waals surface area contributed by atoms with Crippen molar-refractivity contribution < 1.29 is 0 Å². The zero-order valence-electron chi connectivity index (χ0n) is 39.9. The van der Waals surface area contributed by atoms with Gasteiger partial charge in [0, 0.05) is 85.0 Å². The second kappa shape index (κ2) is 17.8. The van der Waals surface area contributed by atoms with Gasteiger partial charge in [-0.2, -0.15) is 0 Å². The van der Waals surface area contributed by atoms with Crippen LogP contribution in [0.1, 0.15) is 11.1 Å². The maximum Gasteiger partial charge on any atom is 0.115 e. The van der Waals surface area contributed by atoms with Gasteiger partial charge in [0.05, 0.1) is 22.1 Å². The van der Waals surface area contributed by atoms with Crippen LogP contribution in [0, 0.1) is 13.8 Å². The lowest BCUT2D eigenvalue weighted by Gasteiger charge is -2.25. The third-order valence-electron chi connectivity index (χ3n) is 14.1. The van der Waals surface area contributed by atoms with Crippen molar-refractivity contribution >= 4 is 77.7 Å². The molecule has 0 saturated carbocycles. The standard InChI is InChI=1S/C66H48N6/c1-45-36-60(48-42-67-44-68-43-48)46(2)35-59(45)47-37-55(71-63-29-17-15-27-57(63)61-40-53(31-33-65(61)71)69(49-19-7-3-8-20-49)50-21-9-4-10-22-50)39-56(38-47)72-64-30-18-16-28-58(64)62-41-54(32-34-66(62)72)70(51-23-11-5-12-24-51)52-25-13-6-14-26-52/h3-44H,1-2H3. The maximum atomic E-state index is 4.36. The number of nitrogens with zero attached hydrogens (tertiary/aromatic N) is 6. The Hall–Kier alpha value is -9.52. The first-order valence-corrected chi connectivity index (χ1v) is 24.5. The fourth-order valence-electron chi connectivity index (χ4n) is 10.8. The van der Waals surface area contributed by atoms with E-state index in [4.69, 9.17) is 0 Å². The van der Waals surface area contributed by atoms with Crippen molar-refractivity contribution in [3.8, 4) is 33.6 Å². The van der Waals surface area contributed by atoms with Crippen LogP contribution in [0.15, 0.2) is 255 Å². The van der Waals surface area contributed by atoms with Gasteiger partial charge in [-0.1, -0.05) is 121 Å². The SMILES string of the molecule is Cc1cc(-c2cc(-n3c4ccccc4c4cc(N(c5ccccc5)c5ccccc5)ccc43)cc(-n3c4ccccc4c4cc(N(c5ccccc5)c5ccccc5)ccc43)c2)c(C)cc1-c1cncnc1. The Kier molecular flexibility index (Phi) is 10.5. The quantitative estimate of drug-likeness (QED) is 0.137. The summed E-state index contributed by atoms with van der Waals surface area (Å²) < 4.78 is 4.91. The molecule has 0 amide bonds. The average Bonchev–Trinajstić information content (AvgIpc) is 3.95. The highest BCUT2D eigenvalue weighted by Gasteiger charge is 2.22. The van der Waals surface area contributed by atoms with Gasteiger partial charge < -0.3 is 18.9 Å². The Morgan fingerprint density at radius 2 is 0.667 bits per heavy atom. The lowest BCUT2D eigenvalue weighted by atomic mass is 9.92. The van der Waals surface area contributed by atoms with Crippen molar-refractivity contribution in [2.24, 2.45) is 0 Å². The lowest BCUT2D eigenvalue weighted by Crippen LogP contribution is -2.09. The Morgan fingerprint density at radius 3 is 1.08 bits per heavy atom. The normalized spacial score (nSPS) is 11.5. The van der Waals surface area contributed by atoms with E-state index in [1.807, 2.05) is 12.4 Å². The molecule has 0 radical (unpaired) electrons. The summed E-state index contributed by atoms with van der Waals surface area (Å²) >= 11 is 0. The first-order valence-electron chi connectivity index (χ1n) is 24.5. The number of aromatic nitrogens is 4. The van der Waals surface area contributed by atoms with Gasteiger partial charge in [0.1, 0.15) is 6.33 Å². The van der Waals surface area contributed by atoms with Crippen LogP contribution in [0.3, 0.4) is 0 Å².